The van der Waals surface area contributed by atoms with Gasteiger partial charge in [-0.05, 0) is 24.3 Å². The zero-order valence-corrected chi connectivity index (χ0v) is 10.1. The first-order valence-electron chi connectivity index (χ1n) is 5.89. The van der Waals surface area contributed by atoms with Crippen molar-refractivity contribution in [3.8, 4) is 0 Å². The van der Waals surface area contributed by atoms with Crippen LogP contribution in [-0.4, -0.2) is 4.98 Å². The van der Waals surface area contributed by atoms with E-state index < -0.39 is 0 Å². The highest BCUT2D eigenvalue weighted by atomic mass is 19.1. The standard InChI is InChI=1S/C15H12FN3/c16-12-3-1-2-4-13(12)19-14-6-5-10-9-18-8-7-11(10)15(14)17/h1-9,19H,17H2. The lowest BCUT2D eigenvalue weighted by molar-refractivity contribution is 0.632. The topological polar surface area (TPSA) is 50.9 Å². The quantitative estimate of drug-likeness (QED) is 0.685. The molecule has 3 nitrogen and oxygen atoms in total. The molecule has 0 fully saturated rings. The Morgan fingerprint density at radius 2 is 1.84 bits per heavy atom. The van der Waals surface area contributed by atoms with E-state index in [1.807, 2.05) is 18.2 Å². The van der Waals surface area contributed by atoms with E-state index in [1.54, 1.807) is 30.6 Å². The van der Waals surface area contributed by atoms with Crippen LogP contribution in [0.1, 0.15) is 0 Å². The summed E-state index contributed by atoms with van der Waals surface area (Å²) in [5.74, 6) is -0.309. The fourth-order valence-corrected chi connectivity index (χ4v) is 2.01. The Hall–Kier alpha value is -2.62. The molecule has 3 rings (SSSR count). The van der Waals surface area contributed by atoms with Gasteiger partial charge in [-0.15, -0.1) is 0 Å². The Morgan fingerprint density at radius 3 is 2.68 bits per heavy atom. The highest BCUT2D eigenvalue weighted by molar-refractivity contribution is 5.99. The van der Waals surface area contributed by atoms with E-state index in [1.165, 1.54) is 6.07 Å². The predicted octanol–water partition coefficient (Wildman–Crippen LogP) is 3.70. The van der Waals surface area contributed by atoms with Crippen LogP contribution in [0.5, 0.6) is 0 Å². The van der Waals surface area contributed by atoms with Gasteiger partial charge in [0.05, 0.1) is 17.1 Å². The number of hydrogen-bond donors (Lipinski definition) is 2. The maximum atomic E-state index is 13.6. The van der Waals surface area contributed by atoms with Gasteiger partial charge >= 0.3 is 0 Å². The van der Waals surface area contributed by atoms with Gasteiger partial charge in [-0.3, -0.25) is 4.98 Å². The monoisotopic (exact) mass is 253 g/mol. The number of rotatable bonds is 2. The van der Waals surface area contributed by atoms with Crippen LogP contribution in [0.25, 0.3) is 10.8 Å². The summed E-state index contributed by atoms with van der Waals surface area (Å²) in [6.45, 7) is 0. The highest BCUT2D eigenvalue weighted by Crippen LogP contribution is 2.30. The fraction of sp³-hybridized carbons (Fsp3) is 0. The molecule has 0 unspecified atom stereocenters. The van der Waals surface area contributed by atoms with Crippen LogP contribution < -0.4 is 11.1 Å². The molecule has 0 bridgehead atoms. The van der Waals surface area contributed by atoms with Crippen LogP contribution in [0.3, 0.4) is 0 Å². The second-order valence-corrected chi connectivity index (χ2v) is 4.23. The number of nitrogens with one attached hydrogen (secondary N) is 1. The van der Waals surface area contributed by atoms with Crippen molar-refractivity contribution in [1.29, 1.82) is 0 Å². The lowest BCUT2D eigenvalue weighted by atomic mass is 10.1. The van der Waals surface area contributed by atoms with E-state index in [0.717, 1.165) is 10.8 Å². The summed E-state index contributed by atoms with van der Waals surface area (Å²) < 4.78 is 13.6. The molecule has 1 heterocycles. The number of nitrogens with zero attached hydrogens (tertiary/aromatic N) is 1. The van der Waals surface area contributed by atoms with E-state index >= 15 is 0 Å². The molecule has 2 aromatic carbocycles. The van der Waals surface area contributed by atoms with Crippen molar-refractivity contribution >= 4 is 27.8 Å². The molecule has 0 spiro atoms. The zero-order chi connectivity index (χ0) is 13.2. The van der Waals surface area contributed by atoms with Crippen LogP contribution in [0.15, 0.2) is 54.9 Å². The minimum absolute atomic E-state index is 0.309. The van der Waals surface area contributed by atoms with E-state index in [4.69, 9.17) is 5.73 Å². The molecule has 0 aliphatic carbocycles. The number of fused-ring (bicyclic) bond motifs is 1. The normalized spacial score (nSPS) is 10.6. The molecule has 4 heteroatoms. The van der Waals surface area contributed by atoms with Gasteiger partial charge in [-0.1, -0.05) is 18.2 Å². The number of pyridine rings is 1. The van der Waals surface area contributed by atoms with Crippen molar-refractivity contribution in [3.05, 3.63) is 60.7 Å². The molecular weight excluding hydrogens is 241 g/mol. The van der Waals surface area contributed by atoms with Gasteiger partial charge in [-0.25, -0.2) is 4.39 Å². The number of halogens is 1. The first kappa shape index (κ1) is 11.5. The largest absolute Gasteiger partial charge is 0.397 e. The molecular formula is C15H12FN3. The number of nitrogens with two attached hydrogens (primary N) is 1. The number of anilines is 3. The van der Waals surface area contributed by atoms with Crippen LogP contribution in [0.4, 0.5) is 21.5 Å². The van der Waals surface area contributed by atoms with E-state index in [0.29, 0.717) is 17.1 Å². The highest BCUT2D eigenvalue weighted by Gasteiger charge is 2.06. The SMILES string of the molecule is Nc1c(Nc2ccccc2F)ccc2cnccc12. The summed E-state index contributed by atoms with van der Waals surface area (Å²) in [5.41, 5.74) is 7.78. The summed E-state index contributed by atoms with van der Waals surface area (Å²) in [7, 11) is 0. The Labute approximate surface area is 109 Å². The van der Waals surface area contributed by atoms with Crippen molar-refractivity contribution in [3.63, 3.8) is 0 Å². The summed E-state index contributed by atoms with van der Waals surface area (Å²) in [6.07, 6.45) is 3.43. The van der Waals surface area contributed by atoms with Gasteiger partial charge in [0, 0.05) is 23.2 Å². The third-order valence-electron chi connectivity index (χ3n) is 3.00. The average Bonchev–Trinajstić information content (AvgIpc) is 2.44. The summed E-state index contributed by atoms with van der Waals surface area (Å²) >= 11 is 0. The number of benzene rings is 2. The minimum Gasteiger partial charge on any atom is -0.397 e. The summed E-state index contributed by atoms with van der Waals surface area (Å²) in [4.78, 5) is 4.05. The first-order chi connectivity index (χ1) is 9.25. The van der Waals surface area contributed by atoms with Crippen molar-refractivity contribution in [2.24, 2.45) is 0 Å². The maximum Gasteiger partial charge on any atom is 0.146 e. The lowest BCUT2D eigenvalue weighted by Crippen LogP contribution is -1.98. The number of hydrogen-bond acceptors (Lipinski definition) is 3. The lowest BCUT2D eigenvalue weighted by Gasteiger charge is -2.12. The molecule has 0 atom stereocenters. The molecule has 3 N–H and O–H groups in total. The van der Waals surface area contributed by atoms with Gasteiger partial charge in [0.2, 0.25) is 0 Å². The smallest absolute Gasteiger partial charge is 0.146 e. The predicted molar refractivity (Wildman–Crippen MR) is 75.8 cm³/mol. The van der Waals surface area contributed by atoms with Gasteiger partial charge in [0.25, 0.3) is 0 Å². The fourth-order valence-electron chi connectivity index (χ4n) is 2.01. The second kappa shape index (κ2) is 4.57. The molecule has 0 saturated carbocycles. The van der Waals surface area contributed by atoms with E-state index in [-0.39, 0.29) is 5.82 Å². The molecule has 0 radical (unpaired) electrons. The van der Waals surface area contributed by atoms with Gasteiger partial charge < -0.3 is 11.1 Å². The maximum absolute atomic E-state index is 13.6. The molecule has 0 aliphatic heterocycles. The van der Waals surface area contributed by atoms with Crippen LogP contribution in [0.2, 0.25) is 0 Å². The Balaban J connectivity index is 2.07. The second-order valence-electron chi connectivity index (χ2n) is 4.23. The third kappa shape index (κ3) is 2.08. The first-order valence-corrected chi connectivity index (χ1v) is 5.89. The number of nitrogen functional groups attached to an aromatic ring is 1. The zero-order valence-electron chi connectivity index (χ0n) is 10.1. The average molecular weight is 253 g/mol. The van der Waals surface area contributed by atoms with Crippen molar-refractivity contribution in [2.45, 2.75) is 0 Å². The van der Waals surface area contributed by atoms with Crippen molar-refractivity contribution in [1.82, 2.24) is 4.98 Å². The molecule has 94 valence electrons. The minimum atomic E-state index is -0.309. The van der Waals surface area contributed by atoms with Crippen LogP contribution in [-0.2, 0) is 0 Å². The van der Waals surface area contributed by atoms with Gasteiger partial charge in [0.15, 0.2) is 0 Å². The van der Waals surface area contributed by atoms with Crippen molar-refractivity contribution < 1.29 is 4.39 Å². The molecule has 0 aliphatic rings. The van der Waals surface area contributed by atoms with Gasteiger partial charge in [0.1, 0.15) is 5.82 Å². The summed E-state index contributed by atoms with van der Waals surface area (Å²) in [5, 5.41) is 4.87. The summed E-state index contributed by atoms with van der Waals surface area (Å²) in [6, 6.07) is 12.1. The number of aromatic nitrogens is 1. The Morgan fingerprint density at radius 1 is 1.00 bits per heavy atom. The van der Waals surface area contributed by atoms with Crippen molar-refractivity contribution in [2.75, 3.05) is 11.1 Å². The third-order valence-corrected chi connectivity index (χ3v) is 3.00. The molecule has 0 amide bonds. The molecule has 0 saturated heterocycles. The van der Waals surface area contributed by atoms with E-state index in [2.05, 4.69) is 10.3 Å². The molecule has 19 heavy (non-hydrogen) atoms. The van der Waals surface area contributed by atoms with Crippen LogP contribution >= 0.6 is 0 Å². The molecule has 3 aromatic rings. The van der Waals surface area contributed by atoms with E-state index in [9.17, 15) is 4.39 Å². The Bertz CT molecular complexity index is 740. The number of para-hydroxylation sites is 1. The molecule has 1 aromatic heterocycles. The van der Waals surface area contributed by atoms with Crippen LogP contribution in [0, 0.1) is 5.82 Å². The Kier molecular flexibility index (Phi) is 2.76. The van der Waals surface area contributed by atoms with Gasteiger partial charge in [-0.2, -0.15) is 0 Å².